The molecule has 0 N–H and O–H groups in total. The number of rotatable bonds is 7. The van der Waals surface area contributed by atoms with Gasteiger partial charge in [-0.15, -0.1) is 0 Å². The predicted molar refractivity (Wildman–Crippen MR) is 73.1 cm³/mol. The zero-order valence-corrected chi connectivity index (χ0v) is 12.4. The van der Waals surface area contributed by atoms with Crippen LogP contribution < -0.4 is 0 Å². The summed E-state index contributed by atoms with van der Waals surface area (Å²) in [6, 6.07) is 2.31. The third-order valence-corrected chi connectivity index (χ3v) is 8.49. The number of fused-ring (bicyclic) bond motifs is 2. The Labute approximate surface area is 107 Å². The van der Waals surface area contributed by atoms with E-state index in [-0.39, 0.29) is 0 Å². The van der Waals surface area contributed by atoms with Gasteiger partial charge in [0.1, 0.15) is 0 Å². The molecule has 1 saturated carbocycles. The largest absolute Gasteiger partial charge is 0.398 e. The lowest BCUT2D eigenvalue weighted by molar-refractivity contribution is 0.235. The first-order chi connectivity index (χ1) is 8.23. The quantitative estimate of drug-likeness (QED) is 0.509. The Morgan fingerprint density at radius 1 is 1.12 bits per heavy atom. The third-order valence-electron chi connectivity index (χ3n) is 4.69. The molecule has 3 heteroatoms. The van der Waals surface area contributed by atoms with Crippen LogP contribution in [0.4, 0.5) is 0 Å². The maximum atomic E-state index is 5.77. The van der Waals surface area contributed by atoms with Gasteiger partial charge < -0.3 is 8.85 Å². The van der Waals surface area contributed by atoms with Gasteiger partial charge >= 0.3 is 8.56 Å². The Balaban J connectivity index is 1.85. The van der Waals surface area contributed by atoms with Crippen molar-refractivity contribution < 1.29 is 8.85 Å². The second-order valence-electron chi connectivity index (χ2n) is 5.65. The summed E-state index contributed by atoms with van der Waals surface area (Å²) in [6.07, 6.45) is 10.2. The Bertz CT molecular complexity index is 273. The van der Waals surface area contributed by atoms with E-state index in [0.717, 1.165) is 23.8 Å². The predicted octanol–water partition coefficient (Wildman–Crippen LogP) is 3.73. The van der Waals surface area contributed by atoms with Crippen LogP contribution in [0, 0.1) is 17.8 Å². The molecule has 0 aliphatic heterocycles. The topological polar surface area (TPSA) is 18.5 Å². The highest BCUT2D eigenvalue weighted by Gasteiger charge is 2.39. The second-order valence-corrected chi connectivity index (χ2v) is 9.29. The summed E-state index contributed by atoms with van der Waals surface area (Å²) in [7, 11) is 1.82. The normalized spacial score (nSPS) is 31.4. The van der Waals surface area contributed by atoms with E-state index in [9.17, 15) is 0 Å². The molecule has 0 saturated heterocycles. The van der Waals surface area contributed by atoms with E-state index >= 15 is 0 Å². The van der Waals surface area contributed by atoms with Crippen molar-refractivity contribution in [2.45, 2.75) is 44.7 Å². The van der Waals surface area contributed by atoms with E-state index in [2.05, 4.69) is 19.1 Å². The molecule has 1 fully saturated rings. The Kier molecular flexibility index (Phi) is 4.45. The Hall–Kier alpha value is -0.123. The molecule has 0 heterocycles. The Morgan fingerprint density at radius 3 is 2.35 bits per heavy atom. The molecule has 2 aliphatic carbocycles. The van der Waals surface area contributed by atoms with Crippen LogP contribution in [0.25, 0.3) is 0 Å². The molecule has 0 radical (unpaired) electrons. The number of hydrogen-bond donors (Lipinski definition) is 0. The van der Waals surface area contributed by atoms with Crippen molar-refractivity contribution in [3.8, 4) is 0 Å². The lowest BCUT2D eigenvalue weighted by atomic mass is 9.91. The summed E-state index contributed by atoms with van der Waals surface area (Å²) >= 11 is 0. The summed E-state index contributed by atoms with van der Waals surface area (Å²) < 4.78 is 11.5. The summed E-state index contributed by atoms with van der Waals surface area (Å²) in [5.74, 6) is 2.65. The number of hydrogen-bond acceptors (Lipinski definition) is 2. The summed E-state index contributed by atoms with van der Waals surface area (Å²) in [5, 5.41) is 0. The van der Waals surface area contributed by atoms with Gasteiger partial charge in [0.2, 0.25) is 0 Å². The monoisotopic (exact) mass is 254 g/mol. The highest BCUT2D eigenvalue weighted by Crippen LogP contribution is 2.46. The van der Waals surface area contributed by atoms with E-state index in [0.29, 0.717) is 0 Å². The number of allylic oxidation sites excluding steroid dienone is 2. The van der Waals surface area contributed by atoms with E-state index in [1.54, 1.807) is 0 Å². The first-order valence-electron chi connectivity index (χ1n) is 7.01. The van der Waals surface area contributed by atoms with E-state index in [1.165, 1.54) is 31.7 Å². The molecule has 0 aromatic rings. The molecular formula is C14H26O2Si. The van der Waals surface area contributed by atoms with Crippen LogP contribution >= 0.6 is 0 Å². The summed E-state index contributed by atoms with van der Waals surface area (Å²) in [5.41, 5.74) is 0. The van der Waals surface area contributed by atoms with Gasteiger partial charge in [0, 0.05) is 14.2 Å². The van der Waals surface area contributed by atoms with E-state index in [1.807, 2.05) is 14.2 Å². The minimum atomic E-state index is -1.86. The molecule has 2 bridgehead atoms. The molecular weight excluding hydrogens is 228 g/mol. The summed E-state index contributed by atoms with van der Waals surface area (Å²) in [6.45, 7) is 2.22. The molecule has 98 valence electrons. The van der Waals surface area contributed by atoms with Crippen LogP contribution in [-0.2, 0) is 8.85 Å². The molecule has 0 aromatic heterocycles. The first-order valence-corrected chi connectivity index (χ1v) is 9.24. The highest BCUT2D eigenvalue weighted by molar-refractivity contribution is 6.67. The van der Waals surface area contributed by atoms with Gasteiger partial charge in [0.05, 0.1) is 0 Å². The standard InChI is InChI=1S/C14H26O2Si/c1-4-8-17(15-2,16-3)9-7-14-11-12-5-6-13(14)10-12/h5-6,12-14H,4,7-11H2,1-3H3. The zero-order chi connectivity index (χ0) is 12.3. The first kappa shape index (κ1) is 13.3. The fourth-order valence-electron chi connectivity index (χ4n) is 3.63. The van der Waals surface area contributed by atoms with Crippen LogP contribution in [0.15, 0.2) is 12.2 Å². The second kappa shape index (κ2) is 5.68. The molecule has 2 aliphatic rings. The lowest BCUT2D eigenvalue weighted by Gasteiger charge is -2.29. The van der Waals surface area contributed by atoms with Crippen molar-refractivity contribution in [2.24, 2.45) is 17.8 Å². The van der Waals surface area contributed by atoms with Crippen LogP contribution in [0.2, 0.25) is 12.1 Å². The summed E-state index contributed by atoms with van der Waals surface area (Å²) in [4.78, 5) is 0. The fraction of sp³-hybridized carbons (Fsp3) is 0.857. The maximum Gasteiger partial charge on any atom is 0.337 e. The molecule has 2 rings (SSSR count). The minimum absolute atomic E-state index is 0.863. The molecule has 2 nitrogen and oxygen atoms in total. The minimum Gasteiger partial charge on any atom is -0.398 e. The van der Waals surface area contributed by atoms with Crippen LogP contribution in [-0.4, -0.2) is 22.8 Å². The van der Waals surface area contributed by atoms with Crippen molar-refractivity contribution in [3.63, 3.8) is 0 Å². The van der Waals surface area contributed by atoms with Crippen molar-refractivity contribution in [3.05, 3.63) is 12.2 Å². The van der Waals surface area contributed by atoms with Crippen LogP contribution in [0.5, 0.6) is 0 Å². The van der Waals surface area contributed by atoms with Crippen molar-refractivity contribution >= 4 is 8.56 Å². The molecule has 0 amide bonds. The highest BCUT2D eigenvalue weighted by atomic mass is 28.4. The van der Waals surface area contributed by atoms with Gasteiger partial charge in [-0.25, -0.2) is 0 Å². The van der Waals surface area contributed by atoms with Gasteiger partial charge in [-0.05, 0) is 49.1 Å². The van der Waals surface area contributed by atoms with Crippen molar-refractivity contribution in [1.29, 1.82) is 0 Å². The van der Waals surface area contributed by atoms with Crippen molar-refractivity contribution in [1.82, 2.24) is 0 Å². The van der Waals surface area contributed by atoms with Gasteiger partial charge in [0.25, 0.3) is 0 Å². The SMILES string of the molecule is CCC[Si](CCC1CC2C=CC1C2)(OC)OC. The third kappa shape index (κ3) is 2.83. The average molecular weight is 254 g/mol. The van der Waals surface area contributed by atoms with Gasteiger partial charge in [-0.2, -0.15) is 0 Å². The van der Waals surface area contributed by atoms with E-state index < -0.39 is 8.56 Å². The van der Waals surface area contributed by atoms with Crippen LogP contribution in [0.3, 0.4) is 0 Å². The van der Waals surface area contributed by atoms with Gasteiger partial charge in [0.15, 0.2) is 0 Å². The van der Waals surface area contributed by atoms with Gasteiger partial charge in [-0.3, -0.25) is 0 Å². The maximum absolute atomic E-state index is 5.77. The van der Waals surface area contributed by atoms with Crippen LogP contribution in [0.1, 0.15) is 32.6 Å². The van der Waals surface area contributed by atoms with Crippen molar-refractivity contribution in [2.75, 3.05) is 14.2 Å². The molecule has 0 spiro atoms. The smallest absolute Gasteiger partial charge is 0.337 e. The average Bonchev–Trinajstić information content (AvgIpc) is 2.97. The lowest BCUT2D eigenvalue weighted by Crippen LogP contribution is -2.40. The van der Waals surface area contributed by atoms with E-state index in [4.69, 9.17) is 8.85 Å². The molecule has 3 atom stereocenters. The van der Waals surface area contributed by atoms with Gasteiger partial charge in [-0.1, -0.05) is 25.5 Å². The molecule has 0 aromatic carbocycles. The zero-order valence-electron chi connectivity index (χ0n) is 11.4. The fourth-order valence-corrected chi connectivity index (χ4v) is 6.43. The Morgan fingerprint density at radius 2 is 1.88 bits per heavy atom. The molecule has 3 unspecified atom stereocenters. The molecule has 17 heavy (non-hydrogen) atoms.